The van der Waals surface area contributed by atoms with Gasteiger partial charge in [0.25, 0.3) is 5.91 Å². The van der Waals surface area contributed by atoms with Crippen molar-refractivity contribution in [1.29, 1.82) is 0 Å². The summed E-state index contributed by atoms with van der Waals surface area (Å²) in [5.41, 5.74) is 1.18. The predicted octanol–water partition coefficient (Wildman–Crippen LogP) is 2.24. The normalized spacial score (nSPS) is 20.6. The van der Waals surface area contributed by atoms with Crippen molar-refractivity contribution in [3.05, 3.63) is 57.3 Å². The molecule has 1 aromatic heterocycles. The summed E-state index contributed by atoms with van der Waals surface area (Å²) in [7, 11) is 0. The molecule has 33 heavy (non-hydrogen) atoms. The zero-order chi connectivity index (χ0) is 23.3. The number of hydrogen-bond acceptors (Lipinski definition) is 6. The largest absolute Gasteiger partial charge is 0.418 e. The third kappa shape index (κ3) is 3.86. The van der Waals surface area contributed by atoms with Gasteiger partial charge in [-0.3, -0.25) is 14.4 Å². The minimum atomic E-state index is -0.819. The van der Waals surface area contributed by atoms with Crippen LogP contribution in [0.4, 0.5) is 0 Å². The summed E-state index contributed by atoms with van der Waals surface area (Å²) < 4.78 is 7.37. The van der Waals surface area contributed by atoms with Gasteiger partial charge in [0.15, 0.2) is 5.69 Å². The molecule has 174 valence electrons. The fraction of sp³-hybridized carbons (Fsp3) is 0.520. The Bertz CT molecular complexity index is 1150. The molecular weight excluding hydrogens is 420 g/mol. The minimum absolute atomic E-state index is 0.0196. The summed E-state index contributed by atoms with van der Waals surface area (Å²) >= 11 is 0. The molecule has 0 bridgehead atoms. The number of nitrogens with zero attached hydrogens (tertiary/aromatic N) is 3. The number of fused-ring (bicyclic) bond motifs is 2. The van der Waals surface area contributed by atoms with E-state index in [2.05, 4.69) is 22.4 Å². The first-order chi connectivity index (χ1) is 15.7. The van der Waals surface area contributed by atoms with Crippen LogP contribution in [0.1, 0.15) is 67.1 Å². The summed E-state index contributed by atoms with van der Waals surface area (Å²) in [6.07, 6.45) is 3.40. The summed E-state index contributed by atoms with van der Waals surface area (Å²) in [6, 6.07) is 8.18. The molecule has 0 spiro atoms. The summed E-state index contributed by atoms with van der Waals surface area (Å²) in [5.74, 6) is -0.517. The molecule has 1 aromatic carbocycles. The average Bonchev–Trinajstić information content (AvgIpc) is 3.44. The molecule has 8 nitrogen and oxygen atoms in total. The second kappa shape index (κ2) is 8.09. The Morgan fingerprint density at radius 3 is 2.42 bits per heavy atom. The van der Waals surface area contributed by atoms with Gasteiger partial charge < -0.3 is 19.5 Å². The molecule has 1 N–H and O–H groups in total. The highest BCUT2D eigenvalue weighted by Crippen LogP contribution is 2.32. The SMILES string of the molecule is CC(C)(C)C(=O)Oc1c2n(c([C@@H]3CCCN3)nc1=O)CCN(C1Cc3ccccc3C1)C2=O. The van der Waals surface area contributed by atoms with E-state index in [0.29, 0.717) is 18.9 Å². The van der Waals surface area contributed by atoms with Gasteiger partial charge in [-0.2, -0.15) is 4.98 Å². The standard InChI is InChI=1S/C25H30N4O4/c1-25(2,3)24(32)33-20-19-23(31)28(17-13-15-7-4-5-8-16(15)14-17)11-12-29(19)21(27-22(20)30)18-9-6-10-26-18/h4-5,7-8,17-18,26H,6,9-14H2,1-3H3/t18-/m0/s1. The molecule has 5 rings (SSSR count). The van der Waals surface area contributed by atoms with Gasteiger partial charge in [-0.25, -0.2) is 0 Å². The summed E-state index contributed by atoms with van der Waals surface area (Å²) in [4.78, 5) is 45.7. The molecule has 1 atom stereocenters. The lowest BCUT2D eigenvalue weighted by Gasteiger charge is -2.36. The first-order valence-corrected chi connectivity index (χ1v) is 11.7. The van der Waals surface area contributed by atoms with Gasteiger partial charge in [0.05, 0.1) is 11.5 Å². The van der Waals surface area contributed by atoms with E-state index in [0.717, 1.165) is 32.2 Å². The topological polar surface area (TPSA) is 93.5 Å². The zero-order valence-electron chi connectivity index (χ0n) is 19.4. The molecule has 1 amide bonds. The van der Waals surface area contributed by atoms with Gasteiger partial charge in [0.1, 0.15) is 5.82 Å². The third-order valence-electron chi connectivity index (χ3n) is 6.85. The molecule has 8 heteroatoms. The third-order valence-corrected chi connectivity index (χ3v) is 6.85. The average molecular weight is 451 g/mol. The van der Waals surface area contributed by atoms with Crippen molar-refractivity contribution in [1.82, 2.24) is 19.8 Å². The van der Waals surface area contributed by atoms with Crippen molar-refractivity contribution in [3.63, 3.8) is 0 Å². The zero-order valence-corrected chi connectivity index (χ0v) is 19.4. The molecule has 3 heterocycles. The number of nitrogens with one attached hydrogen (secondary N) is 1. The van der Waals surface area contributed by atoms with Crippen molar-refractivity contribution in [2.75, 3.05) is 13.1 Å². The molecule has 1 saturated heterocycles. The van der Waals surface area contributed by atoms with Crippen LogP contribution < -0.4 is 15.6 Å². The van der Waals surface area contributed by atoms with E-state index in [4.69, 9.17) is 4.74 Å². The molecule has 1 aliphatic carbocycles. The number of ether oxygens (including phenoxy) is 1. The van der Waals surface area contributed by atoms with E-state index in [9.17, 15) is 14.4 Å². The van der Waals surface area contributed by atoms with E-state index in [-0.39, 0.29) is 29.4 Å². The lowest BCUT2D eigenvalue weighted by Crippen LogP contribution is -2.49. The van der Waals surface area contributed by atoms with E-state index >= 15 is 0 Å². The summed E-state index contributed by atoms with van der Waals surface area (Å²) in [5, 5.41) is 3.37. The highest BCUT2D eigenvalue weighted by molar-refractivity contribution is 5.97. The van der Waals surface area contributed by atoms with E-state index in [1.807, 2.05) is 17.0 Å². The van der Waals surface area contributed by atoms with Gasteiger partial charge in [0, 0.05) is 19.1 Å². The van der Waals surface area contributed by atoms with E-state index in [1.54, 1.807) is 25.3 Å². The monoisotopic (exact) mass is 450 g/mol. The molecule has 3 aliphatic rings. The van der Waals surface area contributed by atoms with Crippen LogP contribution in [0.25, 0.3) is 0 Å². The van der Waals surface area contributed by atoms with Crippen LogP contribution >= 0.6 is 0 Å². The minimum Gasteiger partial charge on any atom is -0.418 e. The number of carbonyl (C=O) groups excluding carboxylic acids is 2. The predicted molar refractivity (Wildman–Crippen MR) is 122 cm³/mol. The van der Waals surface area contributed by atoms with Crippen LogP contribution in [0.5, 0.6) is 5.75 Å². The Hall–Kier alpha value is -3.00. The van der Waals surface area contributed by atoms with Gasteiger partial charge in [-0.05, 0) is 64.1 Å². The molecule has 1 fully saturated rings. The van der Waals surface area contributed by atoms with E-state index in [1.165, 1.54) is 11.1 Å². The number of esters is 1. The van der Waals surface area contributed by atoms with Gasteiger partial charge >= 0.3 is 11.5 Å². The lowest BCUT2D eigenvalue weighted by molar-refractivity contribution is -0.143. The maximum atomic E-state index is 13.9. The molecule has 0 radical (unpaired) electrons. The fourth-order valence-electron chi connectivity index (χ4n) is 5.05. The number of benzene rings is 1. The lowest BCUT2D eigenvalue weighted by atomic mass is 9.97. The number of hydrogen-bond donors (Lipinski definition) is 1. The first kappa shape index (κ1) is 21.8. The van der Waals surface area contributed by atoms with Crippen molar-refractivity contribution >= 4 is 11.9 Å². The Morgan fingerprint density at radius 1 is 1.12 bits per heavy atom. The quantitative estimate of drug-likeness (QED) is 0.721. The van der Waals surface area contributed by atoms with Gasteiger partial charge in [0.2, 0.25) is 5.75 Å². The maximum Gasteiger partial charge on any atom is 0.316 e. The van der Waals surface area contributed by atoms with Crippen LogP contribution in [-0.2, 0) is 24.2 Å². The van der Waals surface area contributed by atoms with E-state index < -0.39 is 16.9 Å². The van der Waals surface area contributed by atoms with Gasteiger partial charge in [-0.1, -0.05) is 24.3 Å². The number of rotatable bonds is 3. The Balaban J connectivity index is 1.56. The second-order valence-corrected chi connectivity index (χ2v) is 10.2. The first-order valence-electron chi connectivity index (χ1n) is 11.7. The number of carbonyl (C=O) groups is 2. The van der Waals surface area contributed by atoms with Crippen molar-refractivity contribution in [3.8, 4) is 5.75 Å². The van der Waals surface area contributed by atoms with Gasteiger partial charge in [-0.15, -0.1) is 0 Å². The Kier molecular flexibility index (Phi) is 5.35. The molecule has 0 unspecified atom stereocenters. The van der Waals surface area contributed by atoms with Crippen LogP contribution in [-0.4, -0.2) is 45.5 Å². The van der Waals surface area contributed by atoms with Crippen LogP contribution in [0.15, 0.2) is 29.1 Å². The maximum absolute atomic E-state index is 13.9. The Labute approximate surface area is 193 Å². The molecule has 2 aromatic rings. The van der Waals surface area contributed by atoms with Crippen LogP contribution in [0.2, 0.25) is 0 Å². The Morgan fingerprint density at radius 2 is 1.82 bits per heavy atom. The smallest absolute Gasteiger partial charge is 0.316 e. The second-order valence-electron chi connectivity index (χ2n) is 10.2. The number of amides is 1. The highest BCUT2D eigenvalue weighted by Gasteiger charge is 2.40. The van der Waals surface area contributed by atoms with Crippen LogP contribution in [0.3, 0.4) is 0 Å². The van der Waals surface area contributed by atoms with Crippen molar-refractivity contribution in [2.24, 2.45) is 5.41 Å². The fourth-order valence-corrected chi connectivity index (χ4v) is 5.05. The van der Waals surface area contributed by atoms with Crippen molar-refractivity contribution in [2.45, 2.75) is 65.1 Å². The highest BCUT2D eigenvalue weighted by atomic mass is 16.5. The summed E-state index contributed by atoms with van der Waals surface area (Å²) in [6.45, 7) is 7.03. The molecule has 0 saturated carbocycles. The molecule has 2 aliphatic heterocycles. The van der Waals surface area contributed by atoms with Crippen molar-refractivity contribution < 1.29 is 14.3 Å². The molecular formula is C25H30N4O4. The number of aromatic nitrogens is 2. The van der Waals surface area contributed by atoms with Crippen LogP contribution in [0, 0.1) is 5.41 Å².